The summed E-state index contributed by atoms with van der Waals surface area (Å²) in [6.07, 6.45) is 9.21. The summed E-state index contributed by atoms with van der Waals surface area (Å²) >= 11 is 6.78. The number of imidazole rings is 1. The van der Waals surface area contributed by atoms with Crippen molar-refractivity contribution in [2.75, 3.05) is 18.5 Å². The average molecular weight is 508 g/mol. The van der Waals surface area contributed by atoms with Crippen molar-refractivity contribution in [1.29, 1.82) is 0 Å². The molecule has 1 saturated heterocycles. The summed E-state index contributed by atoms with van der Waals surface area (Å²) in [6.45, 7) is 7.96. The molecule has 0 spiro atoms. The van der Waals surface area contributed by atoms with Gasteiger partial charge in [-0.1, -0.05) is 32.4 Å². The molecule has 186 valence electrons. The maximum Gasteiger partial charge on any atom is 0.210 e. The van der Waals surface area contributed by atoms with Crippen LogP contribution in [0, 0.1) is 0 Å². The van der Waals surface area contributed by atoms with E-state index in [-0.39, 0.29) is 11.5 Å². The van der Waals surface area contributed by atoms with Crippen LogP contribution in [-0.4, -0.2) is 52.1 Å². The van der Waals surface area contributed by atoms with E-state index in [2.05, 4.69) is 56.9 Å². The number of hydrogen-bond acceptors (Lipinski definition) is 8. The summed E-state index contributed by atoms with van der Waals surface area (Å²) < 4.78 is 17.3. The predicted octanol–water partition coefficient (Wildman–Crippen LogP) is 4.66. The number of anilines is 2. The normalized spacial score (nSPS) is 16.3. The van der Waals surface area contributed by atoms with Crippen LogP contribution in [0.25, 0.3) is 16.7 Å². The second-order valence-electron chi connectivity index (χ2n) is 9.87. The lowest BCUT2D eigenvalue weighted by Gasteiger charge is -2.22. The minimum Gasteiger partial charge on any atom is -0.450 e. The molecular formula is C24H26ClN9O2. The van der Waals surface area contributed by atoms with E-state index in [0.717, 1.165) is 24.2 Å². The van der Waals surface area contributed by atoms with E-state index in [4.69, 9.17) is 26.2 Å². The van der Waals surface area contributed by atoms with Crippen molar-refractivity contribution in [3.05, 3.63) is 47.8 Å². The van der Waals surface area contributed by atoms with E-state index < -0.39 is 0 Å². The summed E-state index contributed by atoms with van der Waals surface area (Å²) in [6, 6.07) is 2.29. The van der Waals surface area contributed by atoms with Gasteiger partial charge < -0.3 is 19.4 Å². The minimum absolute atomic E-state index is 0.0768. The molecule has 1 N–H and O–H groups in total. The van der Waals surface area contributed by atoms with E-state index in [1.54, 1.807) is 35.5 Å². The molecule has 12 heteroatoms. The standard InChI is InChI=1S/C24H26ClN9O2/c1-24(2,3)18-9-19(31-34(18)14-5-8-35-13-14)29-23-30-22-21(32(23)4)20(25)17(11-27-22)36-16-12-28-33-7-6-26-10-15(16)33/h6-7,9-12,14H,5,8,13H2,1-4H3,(H,27,29,30,31)/t14-/m0/s1. The highest BCUT2D eigenvalue weighted by molar-refractivity contribution is 6.36. The molecule has 0 aromatic carbocycles. The van der Waals surface area contributed by atoms with Gasteiger partial charge >= 0.3 is 0 Å². The first kappa shape index (κ1) is 22.7. The number of nitrogens with one attached hydrogen (secondary N) is 1. The Bertz CT molecular complexity index is 1570. The first-order chi connectivity index (χ1) is 17.3. The van der Waals surface area contributed by atoms with E-state index in [0.29, 0.717) is 46.1 Å². The molecule has 1 fully saturated rings. The van der Waals surface area contributed by atoms with Crippen molar-refractivity contribution >= 4 is 40.0 Å². The Kier molecular flexibility index (Phi) is 5.34. The summed E-state index contributed by atoms with van der Waals surface area (Å²) in [5.74, 6) is 2.21. The number of nitrogens with zero attached hydrogens (tertiary/aromatic N) is 8. The molecule has 11 nitrogen and oxygen atoms in total. The maximum absolute atomic E-state index is 6.78. The van der Waals surface area contributed by atoms with Crippen molar-refractivity contribution in [3.8, 4) is 11.5 Å². The van der Waals surface area contributed by atoms with Crippen molar-refractivity contribution in [2.45, 2.75) is 38.6 Å². The molecule has 0 saturated carbocycles. The molecule has 36 heavy (non-hydrogen) atoms. The van der Waals surface area contributed by atoms with Gasteiger partial charge in [0.15, 0.2) is 23.0 Å². The molecule has 0 amide bonds. The first-order valence-electron chi connectivity index (χ1n) is 11.7. The number of pyridine rings is 1. The Hall–Kier alpha value is -3.70. The summed E-state index contributed by atoms with van der Waals surface area (Å²) in [5, 5.41) is 12.9. The third kappa shape index (κ3) is 3.84. The molecule has 1 aliphatic rings. The zero-order chi connectivity index (χ0) is 25.0. The molecule has 1 aliphatic heterocycles. The average Bonchev–Trinajstić information content (AvgIpc) is 3.63. The van der Waals surface area contributed by atoms with Crippen LogP contribution in [0.3, 0.4) is 0 Å². The topological polar surface area (TPSA) is 109 Å². The van der Waals surface area contributed by atoms with Crippen LogP contribution in [0.15, 0.2) is 37.1 Å². The second kappa shape index (κ2) is 8.45. The Morgan fingerprint density at radius 3 is 2.83 bits per heavy atom. The number of fused-ring (bicyclic) bond motifs is 2. The van der Waals surface area contributed by atoms with Gasteiger partial charge in [0.2, 0.25) is 5.95 Å². The molecule has 6 heterocycles. The van der Waals surface area contributed by atoms with Gasteiger partial charge in [0.05, 0.1) is 31.2 Å². The van der Waals surface area contributed by atoms with E-state index >= 15 is 0 Å². The number of aryl methyl sites for hydroxylation is 1. The van der Waals surface area contributed by atoms with Crippen LogP contribution in [-0.2, 0) is 17.2 Å². The maximum atomic E-state index is 6.78. The summed E-state index contributed by atoms with van der Waals surface area (Å²) in [7, 11) is 1.88. The zero-order valence-corrected chi connectivity index (χ0v) is 21.2. The lowest BCUT2D eigenvalue weighted by Crippen LogP contribution is -2.22. The Morgan fingerprint density at radius 2 is 2.06 bits per heavy atom. The summed E-state index contributed by atoms with van der Waals surface area (Å²) in [4.78, 5) is 13.3. The third-order valence-electron chi connectivity index (χ3n) is 6.31. The van der Waals surface area contributed by atoms with Gasteiger partial charge in [-0.25, -0.2) is 9.50 Å². The highest BCUT2D eigenvalue weighted by Crippen LogP contribution is 2.37. The van der Waals surface area contributed by atoms with E-state index in [9.17, 15) is 0 Å². The number of rotatable bonds is 5. The molecule has 5 aromatic rings. The van der Waals surface area contributed by atoms with Gasteiger partial charge in [-0.2, -0.15) is 15.2 Å². The van der Waals surface area contributed by atoms with Crippen LogP contribution in [0.4, 0.5) is 11.8 Å². The molecule has 5 aromatic heterocycles. The number of ether oxygens (including phenoxy) is 2. The fourth-order valence-corrected chi connectivity index (χ4v) is 4.73. The number of hydrogen-bond donors (Lipinski definition) is 1. The van der Waals surface area contributed by atoms with Crippen LogP contribution < -0.4 is 10.1 Å². The minimum atomic E-state index is -0.0768. The third-order valence-corrected chi connectivity index (χ3v) is 6.68. The molecule has 6 rings (SSSR count). The molecule has 0 radical (unpaired) electrons. The summed E-state index contributed by atoms with van der Waals surface area (Å²) in [5.41, 5.74) is 2.92. The van der Waals surface area contributed by atoms with Crippen molar-refractivity contribution < 1.29 is 9.47 Å². The van der Waals surface area contributed by atoms with Gasteiger partial charge in [0.1, 0.15) is 16.1 Å². The fourth-order valence-electron chi connectivity index (χ4n) is 4.43. The van der Waals surface area contributed by atoms with Gasteiger partial charge in [0, 0.05) is 43.2 Å². The van der Waals surface area contributed by atoms with Gasteiger partial charge in [-0.3, -0.25) is 9.67 Å². The van der Waals surface area contributed by atoms with Crippen LogP contribution in [0.2, 0.25) is 5.02 Å². The first-order valence-corrected chi connectivity index (χ1v) is 12.1. The largest absolute Gasteiger partial charge is 0.450 e. The molecule has 0 aliphatic carbocycles. The smallest absolute Gasteiger partial charge is 0.210 e. The van der Waals surface area contributed by atoms with Crippen molar-refractivity contribution in [2.24, 2.45) is 7.05 Å². The predicted molar refractivity (Wildman–Crippen MR) is 135 cm³/mol. The second-order valence-corrected chi connectivity index (χ2v) is 10.2. The highest BCUT2D eigenvalue weighted by atomic mass is 35.5. The quantitative estimate of drug-likeness (QED) is 0.366. The zero-order valence-electron chi connectivity index (χ0n) is 20.4. The Morgan fingerprint density at radius 1 is 1.19 bits per heavy atom. The van der Waals surface area contributed by atoms with Crippen LogP contribution >= 0.6 is 11.6 Å². The lowest BCUT2D eigenvalue weighted by molar-refractivity contribution is 0.183. The van der Waals surface area contributed by atoms with Gasteiger partial charge in [-0.15, -0.1) is 0 Å². The van der Waals surface area contributed by atoms with Gasteiger partial charge in [0.25, 0.3) is 0 Å². The van der Waals surface area contributed by atoms with E-state index in [1.165, 1.54) is 0 Å². The SMILES string of the molecule is Cn1c(Nc2cc(C(C)(C)C)n([C@H]3CCOC3)n2)nc2ncc(Oc3cnn4ccncc34)c(Cl)c21. The van der Waals surface area contributed by atoms with Crippen LogP contribution in [0.5, 0.6) is 11.5 Å². The van der Waals surface area contributed by atoms with Crippen LogP contribution in [0.1, 0.15) is 38.9 Å². The Balaban J connectivity index is 1.34. The highest BCUT2D eigenvalue weighted by Gasteiger charge is 2.28. The van der Waals surface area contributed by atoms with Crippen molar-refractivity contribution in [1.82, 2.24) is 38.9 Å². The molecule has 0 bridgehead atoms. The lowest BCUT2D eigenvalue weighted by atomic mass is 9.91. The van der Waals surface area contributed by atoms with Gasteiger partial charge in [-0.05, 0) is 6.42 Å². The molecule has 1 atom stereocenters. The van der Waals surface area contributed by atoms with Crippen molar-refractivity contribution in [3.63, 3.8) is 0 Å². The number of aromatic nitrogens is 8. The fraction of sp³-hybridized carbons (Fsp3) is 0.375. The molecule has 0 unspecified atom stereocenters. The monoisotopic (exact) mass is 507 g/mol. The van der Waals surface area contributed by atoms with E-state index in [1.807, 2.05) is 11.6 Å². The number of halogens is 1. The Labute approximate surface area is 212 Å². The molecular weight excluding hydrogens is 482 g/mol.